The molecule has 0 aliphatic heterocycles. The molecule has 0 saturated heterocycles. The van der Waals surface area contributed by atoms with Crippen LogP contribution in [0.3, 0.4) is 0 Å². The van der Waals surface area contributed by atoms with E-state index in [4.69, 9.17) is 4.74 Å². The summed E-state index contributed by atoms with van der Waals surface area (Å²) < 4.78 is 18.6. The van der Waals surface area contributed by atoms with E-state index in [-0.39, 0.29) is 30.1 Å². The van der Waals surface area contributed by atoms with E-state index >= 15 is 0 Å². The van der Waals surface area contributed by atoms with E-state index in [0.717, 1.165) is 37.7 Å². The highest BCUT2D eigenvalue weighted by atomic mass is 19.1. The highest BCUT2D eigenvalue weighted by Gasteiger charge is 2.27. The Hall–Kier alpha value is -3.03. The van der Waals surface area contributed by atoms with Gasteiger partial charge in [-0.3, -0.25) is 4.79 Å². The number of pyridine rings is 1. The van der Waals surface area contributed by atoms with Gasteiger partial charge < -0.3 is 19.8 Å². The minimum atomic E-state index is -0.642. The van der Waals surface area contributed by atoms with Gasteiger partial charge >= 0.3 is 5.82 Å². The molecule has 1 heterocycles. The summed E-state index contributed by atoms with van der Waals surface area (Å²) in [5.74, 6) is -1.04. The van der Waals surface area contributed by atoms with Crippen molar-refractivity contribution in [2.24, 2.45) is 0 Å². The van der Waals surface area contributed by atoms with Gasteiger partial charge in [0.1, 0.15) is 12.0 Å². The molecule has 28 heavy (non-hydrogen) atoms. The van der Waals surface area contributed by atoms with Crippen LogP contribution in [-0.4, -0.2) is 33.4 Å². The molecule has 1 amide bonds. The minimum Gasteiger partial charge on any atom is -0.476 e. The average molecular weight is 387 g/mol. The van der Waals surface area contributed by atoms with Gasteiger partial charge in [0.2, 0.25) is 5.75 Å². The first-order valence-corrected chi connectivity index (χ1v) is 9.30. The van der Waals surface area contributed by atoms with Gasteiger partial charge in [-0.05, 0) is 52.6 Å². The number of nitro groups is 1. The van der Waals surface area contributed by atoms with Crippen LogP contribution >= 0.6 is 0 Å². The van der Waals surface area contributed by atoms with E-state index < -0.39 is 10.7 Å². The number of amides is 1. The molecule has 0 spiro atoms. The van der Waals surface area contributed by atoms with Crippen LogP contribution in [0.15, 0.2) is 42.6 Å². The van der Waals surface area contributed by atoms with Gasteiger partial charge in [0, 0.05) is 12.6 Å². The number of benzene rings is 1. The Morgan fingerprint density at radius 2 is 1.93 bits per heavy atom. The molecule has 3 rings (SSSR count). The van der Waals surface area contributed by atoms with E-state index in [0.29, 0.717) is 6.54 Å². The number of nitrogens with zero attached hydrogens (tertiary/aromatic N) is 3. The molecular weight excluding hydrogens is 365 g/mol. The van der Waals surface area contributed by atoms with Crippen molar-refractivity contribution in [3.63, 3.8) is 0 Å². The van der Waals surface area contributed by atoms with Gasteiger partial charge in [0.05, 0.1) is 0 Å². The standard InChI is InChI=1S/C20H22FN3O4/c21-16-10-8-15(9-11-16)13-23(17-5-2-1-3-6-17)19(25)14-28-18-7-4-12-22-20(18)24(26)27/h4,7-12,17H,1-3,5-6,13-14H2. The summed E-state index contributed by atoms with van der Waals surface area (Å²) in [6.07, 6.45) is 6.35. The topological polar surface area (TPSA) is 85.6 Å². The van der Waals surface area contributed by atoms with Gasteiger partial charge in [0.15, 0.2) is 6.61 Å². The first kappa shape index (κ1) is 19.7. The summed E-state index contributed by atoms with van der Waals surface area (Å²) >= 11 is 0. The fourth-order valence-corrected chi connectivity index (χ4v) is 3.45. The predicted octanol–water partition coefficient (Wildman–Crippen LogP) is 3.87. The zero-order valence-electron chi connectivity index (χ0n) is 15.4. The molecule has 0 atom stereocenters. The quantitative estimate of drug-likeness (QED) is 0.532. The predicted molar refractivity (Wildman–Crippen MR) is 100 cm³/mol. The second-order valence-corrected chi connectivity index (χ2v) is 6.81. The summed E-state index contributed by atoms with van der Waals surface area (Å²) in [6.45, 7) is 0.0342. The van der Waals surface area contributed by atoms with Gasteiger partial charge in [-0.25, -0.2) is 4.39 Å². The van der Waals surface area contributed by atoms with Crippen LogP contribution in [0.25, 0.3) is 0 Å². The maximum atomic E-state index is 13.2. The molecule has 1 aliphatic carbocycles. The second kappa shape index (κ2) is 9.25. The molecule has 1 fully saturated rings. The lowest BCUT2D eigenvalue weighted by Crippen LogP contribution is -2.43. The second-order valence-electron chi connectivity index (χ2n) is 6.81. The first-order valence-electron chi connectivity index (χ1n) is 9.30. The average Bonchev–Trinajstić information content (AvgIpc) is 2.72. The molecule has 0 radical (unpaired) electrons. The molecule has 0 unspecified atom stereocenters. The summed E-state index contributed by atoms with van der Waals surface area (Å²) in [7, 11) is 0. The van der Waals surface area contributed by atoms with Crippen molar-refractivity contribution in [1.82, 2.24) is 9.88 Å². The number of ether oxygens (including phenoxy) is 1. The highest BCUT2D eigenvalue weighted by molar-refractivity contribution is 5.78. The van der Waals surface area contributed by atoms with Crippen LogP contribution in [0.4, 0.5) is 10.2 Å². The third kappa shape index (κ3) is 5.03. The van der Waals surface area contributed by atoms with Crippen molar-refractivity contribution in [2.75, 3.05) is 6.61 Å². The number of aromatic nitrogens is 1. The van der Waals surface area contributed by atoms with Crippen molar-refractivity contribution in [3.05, 3.63) is 64.1 Å². The summed E-state index contributed by atoms with van der Waals surface area (Å²) in [5, 5.41) is 11.1. The van der Waals surface area contributed by atoms with E-state index in [1.54, 1.807) is 17.0 Å². The lowest BCUT2D eigenvalue weighted by atomic mass is 9.93. The number of hydrogen-bond donors (Lipinski definition) is 0. The molecule has 1 aromatic carbocycles. The van der Waals surface area contributed by atoms with Gasteiger partial charge in [-0.15, -0.1) is 0 Å². The van der Waals surface area contributed by atoms with Crippen molar-refractivity contribution in [3.8, 4) is 5.75 Å². The lowest BCUT2D eigenvalue weighted by molar-refractivity contribution is -0.390. The Morgan fingerprint density at radius 1 is 1.21 bits per heavy atom. The minimum absolute atomic E-state index is 0.0359. The Bertz CT molecular complexity index is 822. The van der Waals surface area contributed by atoms with Gasteiger partial charge in [-0.1, -0.05) is 31.4 Å². The highest BCUT2D eigenvalue weighted by Crippen LogP contribution is 2.26. The van der Waals surface area contributed by atoms with Crippen molar-refractivity contribution in [2.45, 2.75) is 44.7 Å². The molecule has 148 valence electrons. The normalized spacial score (nSPS) is 14.5. The summed E-state index contributed by atoms with van der Waals surface area (Å²) in [4.78, 5) is 28.7. The smallest absolute Gasteiger partial charge is 0.406 e. The van der Waals surface area contributed by atoms with Crippen LogP contribution in [-0.2, 0) is 11.3 Å². The number of carbonyl (C=O) groups excluding carboxylic acids is 1. The summed E-state index contributed by atoms with van der Waals surface area (Å²) in [6, 6.07) is 9.08. The molecule has 2 aromatic rings. The lowest BCUT2D eigenvalue weighted by Gasteiger charge is -2.34. The van der Waals surface area contributed by atoms with E-state index in [1.165, 1.54) is 30.5 Å². The Morgan fingerprint density at radius 3 is 2.61 bits per heavy atom. The third-order valence-electron chi connectivity index (χ3n) is 4.88. The molecule has 8 heteroatoms. The van der Waals surface area contributed by atoms with Crippen LogP contribution in [0, 0.1) is 15.9 Å². The maximum absolute atomic E-state index is 13.2. The van der Waals surface area contributed by atoms with Gasteiger partial charge in [0.25, 0.3) is 5.91 Å². The zero-order valence-corrected chi connectivity index (χ0v) is 15.4. The van der Waals surface area contributed by atoms with Crippen molar-refractivity contribution in [1.29, 1.82) is 0 Å². The molecule has 0 bridgehead atoms. The zero-order chi connectivity index (χ0) is 19.9. The molecule has 7 nitrogen and oxygen atoms in total. The van der Waals surface area contributed by atoms with Crippen molar-refractivity contribution < 1.29 is 18.8 Å². The molecule has 0 N–H and O–H groups in total. The molecule has 1 saturated carbocycles. The number of halogens is 1. The number of hydrogen-bond acceptors (Lipinski definition) is 5. The fraction of sp³-hybridized carbons (Fsp3) is 0.400. The van der Waals surface area contributed by atoms with E-state index in [2.05, 4.69) is 4.98 Å². The summed E-state index contributed by atoms with van der Waals surface area (Å²) in [5.41, 5.74) is 0.827. The SMILES string of the molecule is O=C(COc1cccnc1[N+](=O)[O-])N(Cc1ccc(F)cc1)C1CCCCC1. The number of rotatable bonds is 7. The Balaban J connectivity index is 1.72. The van der Waals surface area contributed by atoms with Crippen LogP contribution < -0.4 is 4.74 Å². The Kier molecular flexibility index (Phi) is 6.52. The first-order chi connectivity index (χ1) is 13.5. The van der Waals surface area contributed by atoms with Crippen molar-refractivity contribution >= 4 is 11.7 Å². The Labute approximate surface area is 162 Å². The van der Waals surface area contributed by atoms with E-state index in [1.807, 2.05) is 0 Å². The molecular formula is C20H22FN3O4. The molecule has 1 aromatic heterocycles. The van der Waals surface area contributed by atoms with Crippen LogP contribution in [0.2, 0.25) is 0 Å². The maximum Gasteiger partial charge on any atom is 0.406 e. The third-order valence-corrected chi connectivity index (χ3v) is 4.88. The van der Waals surface area contributed by atoms with Crippen LogP contribution in [0.5, 0.6) is 5.75 Å². The fourth-order valence-electron chi connectivity index (χ4n) is 3.45. The van der Waals surface area contributed by atoms with Gasteiger partial charge in [-0.2, -0.15) is 0 Å². The van der Waals surface area contributed by atoms with E-state index in [9.17, 15) is 19.3 Å². The molecule has 1 aliphatic rings. The largest absolute Gasteiger partial charge is 0.476 e. The van der Waals surface area contributed by atoms with Crippen LogP contribution in [0.1, 0.15) is 37.7 Å². The number of carbonyl (C=O) groups is 1. The monoisotopic (exact) mass is 387 g/mol.